The van der Waals surface area contributed by atoms with Gasteiger partial charge in [-0.05, 0) is 24.3 Å². The third-order valence-electron chi connectivity index (χ3n) is 4.44. The molecule has 7 nitrogen and oxygen atoms in total. The summed E-state index contributed by atoms with van der Waals surface area (Å²) in [6.45, 7) is 1.79. The molecule has 1 aliphatic rings. The van der Waals surface area contributed by atoms with Crippen LogP contribution in [0.15, 0.2) is 36.5 Å². The molecule has 0 aliphatic carbocycles. The molecule has 2 heterocycles. The zero-order chi connectivity index (χ0) is 17.2. The monoisotopic (exact) mass is 350 g/mol. The summed E-state index contributed by atoms with van der Waals surface area (Å²) in [5.41, 5.74) is 1.31. The van der Waals surface area contributed by atoms with Crippen LogP contribution in [-0.2, 0) is 16.6 Å². The van der Waals surface area contributed by atoms with Crippen molar-refractivity contribution in [2.75, 3.05) is 19.3 Å². The minimum absolute atomic E-state index is 0.367. The average molecular weight is 350 g/mol. The summed E-state index contributed by atoms with van der Waals surface area (Å²) in [5.74, 6) is 0.367. The van der Waals surface area contributed by atoms with Crippen molar-refractivity contribution in [1.82, 2.24) is 19.3 Å². The first-order chi connectivity index (χ1) is 11.4. The Morgan fingerprint density at radius 3 is 2.54 bits per heavy atom. The highest BCUT2D eigenvalue weighted by atomic mass is 32.2. The third kappa shape index (κ3) is 4.00. The predicted molar refractivity (Wildman–Crippen MR) is 89.7 cm³/mol. The van der Waals surface area contributed by atoms with Crippen molar-refractivity contribution in [3.63, 3.8) is 0 Å². The van der Waals surface area contributed by atoms with Gasteiger partial charge in [0.25, 0.3) is 0 Å². The smallest absolute Gasteiger partial charge is 0.211 e. The van der Waals surface area contributed by atoms with E-state index in [1.165, 1.54) is 10.6 Å². The average Bonchev–Trinajstić information content (AvgIpc) is 3.03. The molecule has 1 N–H and O–H groups in total. The first-order valence-corrected chi connectivity index (χ1v) is 9.86. The molecule has 1 fully saturated rings. The van der Waals surface area contributed by atoms with Crippen LogP contribution in [0.5, 0.6) is 0 Å². The van der Waals surface area contributed by atoms with Crippen molar-refractivity contribution < 1.29 is 13.5 Å². The lowest BCUT2D eigenvalue weighted by Gasteiger charge is -2.29. The van der Waals surface area contributed by atoms with Crippen LogP contribution in [0.1, 0.15) is 30.2 Å². The molecular formula is C16H22N4O3S. The van der Waals surface area contributed by atoms with Crippen LogP contribution in [0.4, 0.5) is 0 Å². The molecule has 24 heavy (non-hydrogen) atoms. The van der Waals surface area contributed by atoms with Crippen molar-refractivity contribution in [2.24, 2.45) is 5.92 Å². The predicted octanol–water partition coefficient (Wildman–Crippen LogP) is 1.03. The molecule has 8 heteroatoms. The molecule has 3 rings (SSSR count). The number of aromatic nitrogens is 3. The van der Waals surface area contributed by atoms with Crippen LogP contribution < -0.4 is 0 Å². The molecule has 1 aromatic carbocycles. The van der Waals surface area contributed by atoms with Crippen LogP contribution in [0, 0.1) is 5.92 Å². The highest BCUT2D eigenvalue weighted by molar-refractivity contribution is 7.88. The fourth-order valence-electron chi connectivity index (χ4n) is 3.02. The van der Waals surface area contributed by atoms with Crippen molar-refractivity contribution >= 4 is 10.0 Å². The Hall–Kier alpha value is -1.77. The fraction of sp³-hybridized carbons (Fsp3) is 0.500. The molecule has 1 aromatic heterocycles. The minimum Gasteiger partial charge on any atom is -0.382 e. The topological polar surface area (TPSA) is 88.3 Å². The molecule has 1 atom stereocenters. The normalized spacial score (nSPS) is 18.6. The third-order valence-corrected chi connectivity index (χ3v) is 5.74. The van der Waals surface area contributed by atoms with E-state index in [0.29, 0.717) is 31.2 Å². The van der Waals surface area contributed by atoms with Crippen LogP contribution >= 0.6 is 0 Å². The van der Waals surface area contributed by atoms with Gasteiger partial charge in [0.2, 0.25) is 10.0 Å². The summed E-state index contributed by atoms with van der Waals surface area (Å²) >= 11 is 0. The standard InChI is InChI=1S/C16H22N4O3S/c1-24(22,23)20-9-7-13(8-10-20)11-19-12-15(17-18-19)16(21)14-5-3-2-4-6-14/h2-6,12-13,16,21H,7-11H2,1H3. The quantitative estimate of drug-likeness (QED) is 0.870. The zero-order valence-corrected chi connectivity index (χ0v) is 14.4. The van der Waals surface area contributed by atoms with Gasteiger partial charge in [-0.2, -0.15) is 0 Å². The van der Waals surface area contributed by atoms with Gasteiger partial charge in [0, 0.05) is 19.6 Å². The number of nitrogens with zero attached hydrogens (tertiary/aromatic N) is 4. The lowest BCUT2D eigenvalue weighted by Crippen LogP contribution is -2.38. The lowest BCUT2D eigenvalue weighted by atomic mass is 9.98. The molecular weight excluding hydrogens is 328 g/mol. The maximum Gasteiger partial charge on any atom is 0.211 e. The molecule has 0 spiro atoms. The molecule has 1 saturated heterocycles. The molecule has 0 amide bonds. The summed E-state index contributed by atoms with van der Waals surface area (Å²) in [4.78, 5) is 0. The number of rotatable bonds is 5. The van der Waals surface area contributed by atoms with E-state index in [2.05, 4.69) is 10.3 Å². The number of aliphatic hydroxyl groups is 1. The highest BCUT2D eigenvalue weighted by Crippen LogP contribution is 2.22. The van der Waals surface area contributed by atoms with Gasteiger partial charge in [-0.1, -0.05) is 35.5 Å². The van der Waals surface area contributed by atoms with Crippen molar-refractivity contribution in [2.45, 2.75) is 25.5 Å². The summed E-state index contributed by atoms with van der Waals surface area (Å²) in [7, 11) is -3.09. The summed E-state index contributed by atoms with van der Waals surface area (Å²) < 4.78 is 26.3. The number of hydrogen-bond donors (Lipinski definition) is 1. The molecule has 0 saturated carbocycles. The lowest BCUT2D eigenvalue weighted by molar-refractivity contribution is 0.215. The second-order valence-electron chi connectivity index (χ2n) is 6.28. The first-order valence-electron chi connectivity index (χ1n) is 8.01. The largest absolute Gasteiger partial charge is 0.382 e. The number of hydrogen-bond acceptors (Lipinski definition) is 5. The molecule has 0 bridgehead atoms. The van der Waals surface area contributed by atoms with Gasteiger partial charge in [-0.15, -0.1) is 5.10 Å². The van der Waals surface area contributed by atoms with E-state index in [1.807, 2.05) is 30.3 Å². The van der Waals surface area contributed by atoms with Crippen LogP contribution in [-0.4, -0.2) is 52.2 Å². The summed E-state index contributed by atoms with van der Waals surface area (Å²) in [6.07, 6.45) is 3.85. The van der Waals surface area contributed by atoms with Crippen molar-refractivity contribution in [1.29, 1.82) is 0 Å². The van der Waals surface area contributed by atoms with Gasteiger partial charge in [0.1, 0.15) is 11.8 Å². The zero-order valence-electron chi connectivity index (χ0n) is 13.6. The van der Waals surface area contributed by atoms with Gasteiger partial charge < -0.3 is 5.11 Å². The molecule has 130 valence electrons. The molecule has 1 unspecified atom stereocenters. The Labute approximate surface area is 142 Å². The highest BCUT2D eigenvalue weighted by Gasteiger charge is 2.25. The van der Waals surface area contributed by atoms with E-state index >= 15 is 0 Å². The maximum atomic E-state index is 11.5. The Morgan fingerprint density at radius 2 is 1.92 bits per heavy atom. The van der Waals surface area contributed by atoms with E-state index in [4.69, 9.17) is 0 Å². The minimum atomic E-state index is -3.09. The van der Waals surface area contributed by atoms with Gasteiger partial charge in [0.15, 0.2) is 0 Å². The van der Waals surface area contributed by atoms with Gasteiger partial charge >= 0.3 is 0 Å². The van der Waals surface area contributed by atoms with E-state index < -0.39 is 16.1 Å². The summed E-state index contributed by atoms with van der Waals surface area (Å²) in [6, 6.07) is 9.35. The van der Waals surface area contributed by atoms with E-state index in [1.54, 1.807) is 10.9 Å². The van der Waals surface area contributed by atoms with Crippen LogP contribution in [0.25, 0.3) is 0 Å². The number of benzene rings is 1. The molecule has 2 aromatic rings. The van der Waals surface area contributed by atoms with E-state index in [0.717, 1.165) is 18.4 Å². The van der Waals surface area contributed by atoms with E-state index in [-0.39, 0.29) is 0 Å². The second-order valence-corrected chi connectivity index (χ2v) is 8.27. The first kappa shape index (κ1) is 17.1. The van der Waals surface area contributed by atoms with Gasteiger partial charge in [-0.25, -0.2) is 12.7 Å². The maximum absolute atomic E-state index is 11.5. The Balaban J connectivity index is 1.59. The van der Waals surface area contributed by atoms with Crippen molar-refractivity contribution in [3.8, 4) is 0 Å². The fourth-order valence-corrected chi connectivity index (χ4v) is 3.90. The van der Waals surface area contributed by atoms with E-state index in [9.17, 15) is 13.5 Å². The number of sulfonamides is 1. The number of piperidine rings is 1. The molecule has 1 aliphatic heterocycles. The molecule has 0 radical (unpaired) electrons. The summed E-state index contributed by atoms with van der Waals surface area (Å²) in [5, 5.41) is 18.5. The number of aliphatic hydroxyl groups excluding tert-OH is 1. The Kier molecular flexibility index (Phi) is 4.98. The Bertz CT molecular complexity index is 768. The van der Waals surface area contributed by atoms with Crippen molar-refractivity contribution in [3.05, 3.63) is 47.8 Å². The Morgan fingerprint density at radius 1 is 1.25 bits per heavy atom. The van der Waals surface area contributed by atoms with Crippen LogP contribution in [0.3, 0.4) is 0 Å². The SMILES string of the molecule is CS(=O)(=O)N1CCC(Cn2cc(C(O)c3ccccc3)nn2)CC1. The second kappa shape index (κ2) is 7.00. The van der Waals surface area contributed by atoms with Gasteiger partial charge in [-0.3, -0.25) is 4.68 Å². The van der Waals surface area contributed by atoms with Gasteiger partial charge in [0.05, 0.1) is 12.5 Å². The van der Waals surface area contributed by atoms with Crippen LogP contribution in [0.2, 0.25) is 0 Å².